The van der Waals surface area contributed by atoms with Gasteiger partial charge in [0.2, 0.25) is 0 Å². The molecule has 4 amide bonds. The van der Waals surface area contributed by atoms with Crippen LogP contribution in [0.4, 0.5) is 10.5 Å². The fraction of sp³-hybridized carbons (Fsp3) is 0.474. The molecule has 2 N–H and O–H groups in total. The van der Waals surface area contributed by atoms with Gasteiger partial charge in [-0.1, -0.05) is 12.1 Å². The third-order valence-electron chi connectivity index (χ3n) is 5.02. The molecule has 3 rings (SSSR count). The number of para-hydroxylation sites is 2. The van der Waals surface area contributed by atoms with Crippen molar-refractivity contribution in [2.24, 2.45) is 5.92 Å². The van der Waals surface area contributed by atoms with Crippen LogP contribution in [0, 0.1) is 5.92 Å². The molecule has 0 aromatic heterocycles. The minimum atomic E-state index is -1.12. The van der Waals surface area contributed by atoms with Crippen molar-refractivity contribution in [3.63, 3.8) is 0 Å². The van der Waals surface area contributed by atoms with Gasteiger partial charge < -0.3 is 20.1 Å². The fourth-order valence-electron chi connectivity index (χ4n) is 3.20. The van der Waals surface area contributed by atoms with Crippen LogP contribution >= 0.6 is 0 Å². The standard InChI is InChI=1S/C19H23N3O6/c1-11(16(24)20-13-6-4-5-7-14(13)27-3)28-15(23)10-22-17(25)19(2,12-8-9-12)21-18(22)26/h4-7,11-12H,8-10H2,1-3H3,(H,20,24)(H,21,26)/t11-,19+/m0/s1. The van der Waals surface area contributed by atoms with Gasteiger partial charge in [-0.05, 0) is 44.7 Å². The van der Waals surface area contributed by atoms with Gasteiger partial charge in [-0.25, -0.2) is 4.79 Å². The maximum atomic E-state index is 12.5. The van der Waals surface area contributed by atoms with E-state index in [9.17, 15) is 19.2 Å². The molecule has 2 fully saturated rings. The summed E-state index contributed by atoms with van der Waals surface area (Å²) in [5, 5.41) is 5.27. The highest BCUT2D eigenvalue weighted by Gasteiger charge is 2.56. The van der Waals surface area contributed by atoms with Gasteiger partial charge in [-0.2, -0.15) is 0 Å². The molecule has 0 spiro atoms. The van der Waals surface area contributed by atoms with Gasteiger partial charge in [-0.3, -0.25) is 19.3 Å². The van der Waals surface area contributed by atoms with Crippen molar-refractivity contribution in [1.82, 2.24) is 10.2 Å². The zero-order valence-electron chi connectivity index (χ0n) is 16.0. The van der Waals surface area contributed by atoms with Gasteiger partial charge in [0.05, 0.1) is 12.8 Å². The number of nitrogens with zero attached hydrogens (tertiary/aromatic N) is 1. The van der Waals surface area contributed by atoms with E-state index in [4.69, 9.17) is 9.47 Å². The van der Waals surface area contributed by atoms with Crippen LogP contribution in [0.3, 0.4) is 0 Å². The van der Waals surface area contributed by atoms with Crippen LogP contribution in [0.15, 0.2) is 24.3 Å². The van der Waals surface area contributed by atoms with Crippen molar-refractivity contribution in [3.8, 4) is 5.75 Å². The molecule has 2 aliphatic rings. The van der Waals surface area contributed by atoms with Crippen molar-refractivity contribution in [2.45, 2.75) is 38.3 Å². The van der Waals surface area contributed by atoms with Gasteiger partial charge in [0.25, 0.3) is 11.8 Å². The maximum absolute atomic E-state index is 12.5. The predicted molar refractivity (Wildman–Crippen MR) is 98.6 cm³/mol. The molecule has 0 unspecified atom stereocenters. The van der Waals surface area contributed by atoms with Crippen molar-refractivity contribution in [3.05, 3.63) is 24.3 Å². The van der Waals surface area contributed by atoms with E-state index in [0.717, 1.165) is 17.7 Å². The molecule has 1 aliphatic heterocycles. The number of imide groups is 1. The summed E-state index contributed by atoms with van der Waals surface area (Å²) in [6.07, 6.45) is 0.607. The number of amides is 4. The molecule has 2 atom stereocenters. The van der Waals surface area contributed by atoms with Crippen molar-refractivity contribution in [1.29, 1.82) is 0 Å². The highest BCUT2D eigenvalue weighted by molar-refractivity contribution is 6.09. The highest BCUT2D eigenvalue weighted by atomic mass is 16.5. The molecule has 1 heterocycles. The number of carbonyl (C=O) groups excluding carboxylic acids is 4. The number of anilines is 1. The number of carbonyl (C=O) groups is 4. The Morgan fingerprint density at radius 3 is 2.64 bits per heavy atom. The van der Waals surface area contributed by atoms with E-state index in [1.54, 1.807) is 31.2 Å². The molecule has 1 aliphatic carbocycles. The summed E-state index contributed by atoms with van der Waals surface area (Å²) >= 11 is 0. The number of methoxy groups -OCH3 is 1. The first-order chi connectivity index (χ1) is 13.3. The molecule has 1 saturated heterocycles. The lowest BCUT2D eigenvalue weighted by atomic mass is 9.96. The number of nitrogens with one attached hydrogen (secondary N) is 2. The normalized spacial score (nSPS) is 22.5. The van der Waals surface area contributed by atoms with Gasteiger partial charge in [0.1, 0.15) is 17.8 Å². The third kappa shape index (κ3) is 3.78. The van der Waals surface area contributed by atoms with E-state index >= 15 is 0 Å². The highest BCUT2D eigenvalue weighted by Crippen LogP contribution is 2.42. The topological polar surface area (TPSA) is 114 Å². The van der Waals surface area contributed by atoms with Crippen molar-refractivity contribution in [2.75, 3.05) is 19.0 Å². The summed E-state index contributed by atoms with van der Waals surface area (Å²) in [6, 6.07) is 6.19. The summed E-state index contributed by atoms with van der Waals surface area (Å²) < 4.78 is 10.2. The van der Waals surface area contributed by atoms with E-state index in [0.29, 0.717) is 11.4 Å². The lowest BCUT2D eigenvalue weighted by molar-refractivity contribution is -0.155. The first-order valence-electron chi connectivity index (χ1n) is 9.03. The molecule has 1 saturated carbocycles. The molecule has 1 aromatic carbocycles. The lowest BCUT2D eigenvalue weighted by Crippen LogP contribution is -2.46. The molecular formula is C19H23N3O6. The van der Waals surface area contributed by atoms with Crippen LogP contribution in [-0.4, -0.2) is 54.0 Å². The summed E-state index contributed by atoms with van der Waals surface area (Å²) in [5.41, 5.74) is -0.531. The summed E-state index contributed by atoms with van der Waals surface area (Å²) in [5.74, 6) is -1.28. The van der Waals surface area contributed by atoms with E-state index in [1.165, 1.54) is 14.0 Å². The Morgan fingerprint density at radius 2 is 2.00 bits per heavy atom. The molecular weight excluding hydrogens is 366 g/mol. The second kappa shape index (κ2) is 7.49. The van der Waals surface area contributed by atoms with Crippen LogP contribution in [-0.2, 0) is 19.1 Å². The van der Waals surface area contributed by atoms with E-state index in [2.05, 4.69) is 10.6 Å². The molecule has 0 radical (unpaired) electrons. The van der Waals surface area contributed by atoms with E-state index in [1.807, 2.05) is 0 Å². The summed E-state index contributed by atoms with van der Waals surface area (Å²) in [7, 11) is 1.47. The molecule has 9 nitrogen and oxygen atoms in total. The molecule has 150 valence electrons. The Kier molecular flexibility index (Phi) is 5.26. The Labute approximate surface area is 162 Å². The number of benzene rings is 1. The Morgan fingerprint density at radius 1 is 1.32 bits per heavy atom. The number of hydrogen-bond acceptors (Lipinski definition) is 6. The van der Waals surface area contributed by atoms with Crippen LogP contribution in [0.1, 0.15) is 26.7 Å². The van der Waals surface area contributed by atoms with E-state index < -0.39 is 42.0 Å². The van der Waals surface area contributed by atoms with Gasteiger partial charge >= 0.3 is 12.0 Å². The SMILES string of the molecule is COc1ccccc1NC(=O)[C@H](C)OC(=O)CN1C(=O)N[C@](C)(C2CC2)C1=O. The van der Waals surface area contributed by atoms with Crippen LogP contribution in [0.5, 0.6) is 5.75 Å². The smallest absolute Gasteiger partial charge is 0.327 e. The number of urea groups is 1. The quantitative estimate of drug-likeness (QED) is 0.536. The minimum Gasteiger partial charge on any atom is -0.495 e. The Bertz CT molecular complexity index is 822. The second-order valence-electron chi connectivity index (χ2n) is 7.12. The summed E-state index contributed by atoms with van der Waals surface area (Å²) in [4.78, 5) is 49.9. The number of esters is 1. The zero-order valence-corrected chi connectivity index (χ0v) is 16.0. The first-order valence-corrected chi connectivity index (χ1v) is 9.03. The third-order valence-corrected chi connectivity index (χ3v) is 5.02. The first kappa shape index (κ1) is 19.7. The van der Waals surface area contributed by atoms with Crippen molar-refractivity contribution >= 4 is 29.5 Å². The second-order valence-corrected chi connectivity index (χ2v) is 7.12. The Hall–Kier alpha value is -3.10. The van der Waals surface area contributed by atoms with Gasteiger partial charge in [0.15, 0.2) is 6.10 Å². The number of rotatable bonds is 7. The van der Waals surface area contributed by atoms with Crippen LogP contribution in [0.2, 0.25) is 0 Å². The molecule has 1 aromatic rings. The van der Waals surface area contributed by atoms with Crippen LogP contribution < -0.4 is 15.4 Å². The fourth-order valence-corrected chi connectivity index (χ4v) is 3.20. The largest absolute Gasteiger partial charge is 0.495 e. The minimum absolute atomic E-state index is 0.0931. The lowest BCUT2D eigenvalue weighted by Gasteiger charge is -2.21. The monoisotopic (exact) mass is 389 g/mol. The van der Waals surface area contributed by atoms with Crippen molar-refractivity contribution < 1.29 is 28.7 Å². The predicted octanol–water partition coefficient (Wildman–Crippen LogP) is 1.29. The molecule has 9 heteroatoms. The molecule has 28 heavy (non-hydrogen) atoms. The van der Waals surface area contributed by atoms with Gasteiger partial charge in [0, 0.05) is 0 Å². The number of ether oxygens (including phenoxy) is 2. The van der Waals surface area contributed by atoms with E-state index in [-0.39, 0.29) is 5.92 Å². The summed E-state index contributed by atoms with van der Waals surface area (Å²) in [6.45, 7) is 2.53. The number of hydrogen-bond donors (Lipinski definition) is 2. The molecule has 0 bridgehead atoms. The van der Waals surface area contributed by atoms with Gasteiger partial charge in [-0.15, -0.1) is 0 Å². The average molecular weight is 389 g/mol. The Balaban J connectivity index is 1.56. The van der Waals surface area contributed by atoms with Crippen LogP contribution in [0.25, 0.3) is 0 Å². The zero-order chi connectivity index (χ0) is 20.5. The average Bonchev–Trinajstić information content (AvgIpc) is 3.48. The maximum Gasteiger partial charge on any atom is 0.327 e.